The SMILES string of the molecule is CCN1C=CN(CCCNc2ccc([N+](=O)[O-])cc2)C1. The molecule has 1 N–H and O–H groups in total. The number of nitro groups is 1. The zero-order valence-corrected chi connectivity index (χ0v) is 11.7. The number of non-ortho nitro benzene ring substituents is 1. The Morgan fingerprint density at radius 3 is 2.55 bits per heavy atom. The lowest BCUT2D eigenvalue weighted by molar-refractivity contribution is -0.384. The summed E-state index contributed by atoms with van der Waals surface area (Å²) in [7, 11) is 0. The molecular formula is C14H20N4O2. The molecule has 108 valence electrons. The number of nitrogens with zero attached hydrogens (tertiary/aromatic N) is 3. The van der Waals surface area contributed by atoms with Crippen LogP contribution in [0.1, 0.15) is 13.3 Å². The number of nitrogens with one attached hydrogen (secondary N) is 1. The van der Waals surface area contributed by atoms with E-state index in [9.17, 15) is 10.1 Å². The molecule has 0 fully saturated rings. The monoisotopic (exact) mass is 276 g/mol. The highest BCUT2D eigenvalue weighted by atomic mass is 16.6. The summed E-state index contributed by atoms with van der Waals surface area (Å²) in [5, 5.41) is 13.8. The third-order valence-corrected chi connectivity index (χ3v) is 3.29. The standard InChI is InChI=1S/C14H20N4O2/c1-2-16-10-11-17(12-16)9-3-8-15-13-4-6-14(7-5-13)18(19)20/h4-7,10-11,15H,2-3,8-9,12H2,1H3. The van der Waals surface area contributed by atoms with E-state index in [-0.39, 0.29) is 10.6 Å². The number of hydrogen-bond acceptors (Lipinski definition) is 5. The number of rotatable bonds is 7. The molecule has 0 unspecified atom stereocenters. The van der Waals surface area contributed by atoms with Crippen LogP contribution in [0.5, 0.6) is 0 Å². The predicted octanol–water partition coefficient (Wildman–Crippen LogP) is 2.46. The Morgan fingerprint density at radius 1 is 1.25 bits per heavy atom. The number of nitro benzene ring substituents is 1. The Bertz CT molecular complexity index is 473. The minimum atomic E-state index is -0.386. The van der Waals surface area contributed by atoms with Crippen molar-refractivity contribution in [3.8, 4) is 0 Å². The van der Waals surface area contributed by atoms with Crippen molar-refractivity contribution in [3.05, 3.63) is 46.8 Å². The second-order valence-electron chi connectivity index (χ2n) is 4.74. The van der Waals surface area contributed by atoms with Crippen LogP contribution in [0.2, 0.25) is 0 Å². The van der Waals surface area contributed by atoms with Crippen LogP contribution in [0.4, 0.5) is 11.4 Å². The molecule has 0 atom stereocenters. The third-order valence-electron chi connectivity index (χ3n) is 3.29. The van der Waals surface area contributed by atoms with Gasteiger partial charge in [0.2, 0.25) is 0 Å². The van der Waals surface area contributed by atoms with E-state index in [0.717, 1.165) is 38.4 Å². The van der Waals surface area contributed by atoms with E-state index < -0.39 is 0 Å². The van der Waals surface area contributed by atoms with Gasteiger partial charge >= 0.3 is 0 Å². The van der Waals surface area contributed by atoms with Crippen LogP contribution >= 0.6 is 0 Å². The first-order valence-electron chi connectivity index (χ1n) is 6.84. The summed E-state index contributed by atoms with van der Waals surface area (Å²) < 4.78 is 0. The van der Waals surface area contributed by atoms with Crippen molar-refractivity contribution >= 4 is 11.4 Å². The number of benzene rings is 1. The molecule has 20 heavy (non-hydrogen) atoms. The van der Waals surface area contributed by atoms with E-state index in [0.29, 0.717) is 0 Å². The molecule has 6 heteroatoms. The average molecular weight is 276 g/mol. The second-order valence-corrected chi connectivity index (χ2v) is 4.74. The summed E-state index contributed by atoms with van der Waals surface area (Å²) in [5.74, 6) is 0. The molecule has 0 aromatic heterocycles. The molecule has 0 saturated carbocycles. The van der Waals surface area contributed by atoms with Crippen LogP contribution in [-0.4, -0.2) is 41.0 Å². The normalized spacial score (nSPS) is 13.8. The zero-order chi connectivity index (χ0) is 14.4. The van der Waals surface area contributed by atoms with Gasteiger partial charge in [0, 0.05) is 49.9 Å². The van der Waals surface area contributed by atoms with Gasteiger partial charge in [0.25, 0.3) is 5.69 Å². The fraction of sp³-hybridized carbons (Fsp3) is 0.429. The molecule has 2 rings (SSSR count). The van der Waals surface area contributed by atoms with Crippen molar-refractivity contribution < 1.29 is 4.92 Å². The summed E-state index contributed by atoms with van der Waals surface area (Å²) in [6.07, 6.45) is 5.26. The predicted molar refractivity (Wildman–Crippen MR) is 79.3 cm³/mol. The molecule has 0 radical (unpaired) electrons. The summed E-state index contributed by atoms with van der Waals surface area (Å²) in [5.41, 5.74) is 1.04. The van der Waals surface area contributed by atoms with Gasteiger partial charge in [-0.3, -0.25) is 10.1 Å². The van der Waals surface area contributed by atoms with Gasteiger partial charge in [0.05, 0.1) is 11.6 Å². The van der Waals surface area contributed by atoms with E-state index in [1.165, 1.54) is 12.1 Å². The minimum absolute atomic E-state index is 0.123. The second kappa shape index (κ2) is 6.79. The van der Waals surface area contributed by atoms with Crippen LogP contribution in [0.25, 0.3) is 0 Å². The molecule has 1 heterocycles. The van der Waals surface area contributed by atoms with E-state index in [1.807, 2.05) is 0 Å². The molecule has 0 aliphatic carbocycles. The van der Waals surface area contributed by atoms with Crippen molar-refractivity contribution in [3.63, 3.8) is 0 Å². The first kappa shape index (κ1) is 14.2. The third kappa shape index (κ3) is 3.88. The first-order chi connectivity index (χ1) is 9.69. The Labute approximate surface area is 118 Å². The van der Waals surface area contributed by atoms with Crippen molar-refractivity contribution in [1.29, 1.82) is 0 Å². The quantitative estimate of drug-likeness (QED) is 0.471. The van der Waals surface area contributed by atoms with E-state index in [2.05, 4.69) is 34.4 Å². The van der Waals surface area contributed by atoms with Gasteiger partial charge in [-0.25, -0.2) is 0 Å². The van der Waals surface area contributed by atoms with Gasteiger partial charge in [0.1, 0.15) is 0 Å². The van der Waals surface area contributed by atoms with Crippen molar-refractivity contribution in [2.24, 2.45) is 0 Å². The van der Waals surface area contributed by atoms with Crippen LogP contribution in [-0.2, 0) is 0 Å². The average Bonchev–Trinajstić information content (AvgIpc) is 2.92. The highest BCUT2D eigenvalue weighted by molar-refractivity contribution is 5.48. The van der Waals surface area contributed by atoms with Crippen LogP contribution < -0.4 is 5.32 Å². The van der Waals surface area contributed by atoms with Crippen molar-refractivity contribution in [2.45, 2.75) is 13.3 Å². The summed E-state index contributed by atoms with van der Waals surface area (Å²) in [4.78, 5) is 14.7. The Balaban J connectivity index is 1.66. The maximum absolute atomic E-state index is 10.5. The molecular weight excluding hydrogens is 256 g/mol. The Morgan fingerprint density at radius 2 is 1.95 bits per heavy atom. The van der Waals surface area contributed by atoms with Crippen molar-refractivity contribution in [2.75, 3.05) is 31.6 Å². The van der Waals surface area contributed by atoms with Gasteiger partial charge < -0.3 is 15.1 Å². The number of anilines is 1. The summed E-state index contributed by atoms with van der Waals surface area (Å²) in [6, 6.07) is 6.52. The van der Waals surface area contributed by atoms with Gasteiger partial charge in [-0.15, -0.1) is 0 Å². The Hall–Kier alpha value is -2.24. The van der Waals surface area contributed by atoms with Crippen LogP contribution in [0, 0.1) is 10.1 Å². The number of hydrogen-bond donors (Lipinski definition) is 1. The van der Waals surface area contributed by atoms with Crippen LogP contribution in [0.15, 0.2) is 36.7 Å². The smallest absolute Gasteiger partial charge is 0.269 e. The van der Waals surface area contributed by atoms with Crippen LogP contribution in [0.3, 0.4) is 0 Å². The fourth-order valence-corrected chi connectivity index (χ4v) is 2.08. The molecule has 1 aliphatic rings. The van der Waals surface area contributed by atoms with Crippen molar-refractivity contribution in [1.82, 2.24) is 9.80 Å². The molecule has 1 aromatic carbocycles. The molecule has 0 saturated heterocycles. The summed E-state index contributed by atoms with van der Waals surface area (Å²) in [6.45, 7) is 6.01. The fourth-order valence-electron chi connectivity index (χ4n) is 2.08. The largest absolute Gasteiger partial charge is 0.385 e. The maximum atomic E-state index is 10.5. The van der Waals surface area contributed by atoms with E-state index >= 15 is 0 Å². The molecule has 0 spiro atoms. The van der Waals surface area contributed by atoms with Gasteiger partial charge in [-0.1, -0.05) is 0 Å². The van der Waals surface area contributed by atoms with Gasteiger partial charge in [-0.05, 0) is 25.5 Å². The molecule has 1 aromatic rings. The van der Waals surface area contributed by atoms with Gasteiger partial charge in [0.15, 0.2) is 0 Å². The highest BCUT2D eigenvalue weighted by Gasteiger charge is 2.09. The lowest BCUT2D eigenvalue weighted by Crippen LogP contribution is -2.26. The lowest BCUT2D eigenvalue weighted by Gasteiger charge is -2.20. The lowest BCUT2D eigenvalue weighted by atomic mass is 10.3. The zero-order valence-electron chi connectivity index (χ0n) is 11.7. The molecule has 0 bridgehead atoms. The molecule has 1 aliphatic heterocycles. The van der Waals surface area contributed by atoms with E-state index in [4.69, 9.17) is 0 Å². The summed E-state index contributed by atoms with van der Waals surface area (Å²) >= 11 is 0. The molecule has 0 amide bonds. The highest BCUT2D eigenvalue weighted by Crippen LogP contribution is 2.15. The first-order valence-corrected chi connectivity index (χ1v) is 6.84. The topological polar surface area (TPSA) is 61.6 Å². The maximum Gasteiger partial charge on any atom is 0.269 e. The minimum Gasteiger partial charge on any atom is -0.385 e. The van der Waals surface area contributed by atoms with Gasteiger partial charge in [-0.2, -0.15) is 0 Å². The van der Waals surface area contributed by atoms with E-state index in [1.54, 1.807) is 12.1 Å². The molecule has 6 nitrogen and oxygen atoms in total. The Kier molecular flexibility index (Phi) is 4.81.